The Bertz CT molecular complexity index is 826. The normalized spacial score (nSPS) is 11.6. The Balaban J connectivity index is 2.24. The molecule has 0 amide bonds. The number of carbonyl (C=O) groups excluding carboxylic acids is 1. The lowest BCUT2D eigenvalue weighted by atomic mass is 9.79. The van der Waals surface area contributed by atoms with Crippen molar-refractivity contribution in [2.45, 2.75) is 32.3 Å². The third-order valence-corrected chi connectivity index (χ3v) is 4.84. The molecule has 0 atom stereocenters. The smallest absolute Gasteiger partial charge is 0.155 e. The Morgan fingerprint density at radius 1 is 0.778 bits per heavy atom. The van der Waals surface area contributed by atoms with Crippen molar-refractivity contribution >= 4 is 5.78 Å². The van der Waals surface area contributed by atoms with Gasteiger partial charge in [0.2, 0.25) is 0 Å². The zero-order chi connectivity index (χ0) is 19.3. The van der Waals surface area contributed by atoms with E-state index in [1.165, 1.54) is 5.56 Å². The topological polar surface area (TPSA) is 26.3 Å². The first-order valence-electron chi connectivity index (χ1n) is 9.39. The molecule has 2 nitrogen and oxygen atoms in total. The maximum absolute atomic E-state index is 11.8. The van der Waals surface area contributed by atoms with Crippen LogP contribution in [0, 0.1) is 0 Å². The average Bonchev–Trinajstić information content (AvgIpc) is 2.70. The lowest BCUT2D eigenvalue weighted by molar-refractivity contribution is -0.125. The van der Waals surface area contributed by atoms with Crippen molar-refractivity contribution < 1.29 is 9.53 Å². The van der Waals surface area contributed by atoms with Crippen LogP contribution in [0.5, 0.6) is 0 Å². The van der Waals surface area contributed by atoms with Gasteiger partial charge in [0.25, 0.3) is 0 Å². The molecule has 0 bridgehead atoms. The summed E-state index contributed by atoms with van der Waals surface area (Å²) in [5.41, 5.74) is 3.49. The molecule has 0 N–H and O–H groups in total. The number of benzene rings is 3. The minimum absolute atomic E-state index is 0.00466. The van der Waals surface area contributed by atoms with Crippen molar-refractivity contribution in [2.24, 2.45) is 0 Å². The first-order chi connectivity index (χ1) is 13.0. The van der Waals surface area contributed by atoms with Crippen molar-refractivity contribution in [3.8, 4) is 0 Å². The summed E-state index contributed by atoms with van der Waals surface area (Å²) in [6.45, 7) is 5.98. The molecule has 138 valence electrons. The van der Waals surface area contributed by atoms with Gasteiger partial charge in [0.1, 0.15) is 12.2 Å². The largest absolute Gasteiger partial charge is 0.353 e. The molecule has 27 heavy (non-hydrogen) atoms. The predicted octanol–water partition coefficient (Wildman–Crippen LogP) is 5.71. The monoisotopic (exact) mass is 358 g/mol. The summed E-state index contributed by atoms with van der Waals surface area (Å²) in [5.74, 6) is 0.463. The van der Waals surface area contributed by atoms with Gasteiger partial charge in [-0.2, -0.15) is 0 Å². The average molecular weight is 358 g/mol. The van der Waals surface area contributed by atoms with Crippen LogP contribution in [0.4, 0.5) is 0 Å². The van der Waals surface area contributed by atoms with Gasteiger partial charge in [0.15, 0.2) is 5.78 Å². The summed E-state index contributed by atoms with van der Waals surface area (Å²) < 4.78 is 6.40. The fraction of sp³-hybridized carbons (Fsp3) is 0.240. The lowest BCUT2D eigenvalue weighted by Crippen LogP contribution is -2.34. The summed E-state index contributed by atoms with van der Waals surface area (Å²) in [6, 6.07) is 28.8. The third-order valence-electron chi connectivity index (χ3n) is 4.84. The quantitative estimate of drug-likeness (QED) is 0.506. The van der Waals surface area contributed by atoms with E-state index in [0.29, 0.717) is 5.92 Å². The second-order valence-electron chi connectivity index (χ2n) is 7.18. The van der Waals surface area contributed by atoms with Crippen LogP contribution in [0.25, 0.3) is 0 Å². The maximum Gasteiger partial charge on any atom is 0.155 e. The minimum atomic E-state index is -0.830. The van der Waals surface area contributed by atoms with Crippen molar-refractivity contribution in [2.75, 3.05) is 6.61 Å². The molecular weight excluding hydrogens is 332 g/mol. The Kier molecular flexibility index (Phi) is 5.88. The highest BCUT2D eigenvalue weighted by atomic mass is 16.5. The highest BCUT2D eigenvalue weighted by Crippen LogP contribution is 2.40. The van der Waals surface area contributed by atoms with Crippen molar-refractivity contribution in [1.29, 1.82) is 0 Å². The van der Waals surface area contributed by atoms with Gasteiger partial charge in [0.05, 0.1) is 0 Å². The molecule has 3 aromatic carbocycles. The van der Waals surface area contributed by atoms with Gasteiger partial charge in [-0.1, -0.05) is 98.8 Å². The maximum atomic E-state index is 11.8. The van der Waals surface area contributed by atoms with Crippen LogP contribution in [0.3, 0.4) is 0 Å². The van der Waals surface area contributed by atoms with E-state index >= 15 is 0 Å². The predicted molar refractivity (Wildman–Crippen MR) is 110 cm³/mol. The summed E-state index contributed by atoms with van der Waals surface area (Å²) in [4.78, 5) is 11.8. The Morgan fingerprint density at radius 3 is 1.63 bits per heavy atom. The first kappa shape index (κ1) is 19.1. The van der Waals surface area contributed by atoms with Crippen LogP contribution in [0.2, 0.25) is 0 Å². The van der Waals surface area contributed by atoms with Crippen LogP contribution in [-0.4, -0.2) is 12.4 Å². The molecule has 0 aliphatic heterocycles. The van der Waals surface area contributed by atoms with Gasteiger partial charge in [-0.25, -0.2) is 0 Å². The second kappa shape index (κ2) is 8.32. The molecule has 0 spiro atoms. The molecule has 3 aromatic rings. The van der Waals surface area contributed by atoms with E-state index in [4.69, 9.17) is 4.74 Å². The van der Waals surface area contributed by atoms with E-state index in [1.807, 2.05) is 36.4 Å². The van der Waals surface area contributed by atoms with Gasteiger partial charge in [-0.3, -0.25) is 4.79 Å². The standard InChI is InChI=1S/C25H26O2/c1-19(2)21-14-16-24(17-15-21)25(27-18-20(3)26,22-10-6-4-7-11-22)23-12-8-5-9-13-23/h4-17,19H,18H2,1-3H3. The Morgan fingerprint density at radius 2 is 1.22 bits per heavy atom. The van der Waals surface area contributed by atoms with Gasteiger partial charge in [-0.15, -0.1) is 0 Å². The third kappa shape index (κ3) is 4.01. The van der Waals surface area contributed by atoms with E-state index in [-0.39, 0.29) is 12.4 Å². The van der Waals surface area contributed by atoms with E-state index in [1.54, 1.807) is 6.92 Å². The fourth-order valence-electron chi connectivity index (χ4n) is 3.41. The Labute approximate surface area is 161 Å². The molecule has 0 saturated carbocycles. The number of carbonyl (C=O) groups is 1. The van der Waals surface area contributed by atoms with Gasteiger partial charge < -0.3 is 4.74 Å². The van der Waals surface area contributed by atoms with E-state index in [9.17, 15) is 4.79 Å². The molecule has 0 aliphatic carbocycles. The number of ketones is 1. The first-order valence-corrected chi connectivity index (χ1v) is 9.39. The summed E-state index contributed by atoms with van der Waals surface area (Å²) in [5, 5.41) is 0. The van der Waals surface area contributed by atoms with Crippen molar-refractivity contribution in [3.63, 3.8) is 0 Å². The van der Waals surface area contributed by atoms with Crippen LogP contribution in [0.15, 0.2) is 84.9 Å². The zero-order valence-electron chi connectivity index (χ0n) is 16.2. The molecule has 0 unspecified atom stereocenters. The number of ether oxygens (including phenoxy) is 1. The van der Waals surface area contributed by atoms with Gasteiger partial charge >= 0.3 is 0 Å². The molecule has 0 fully saturated rings. The molecule has 0 aliphatic rings. The van der Waals surface area contributed by atoms with Gasteiger partial charge in [-0.05, 0) is 35.1 Å². The highest BCUT2D eigenvalue weighted by Gasteiger charge is 2.37. The van der Waals surface area contributed by atoms with E-state index in [0.717, 1.165) is 16.7 Å². The zero-order valence-corrected chi connectivity index (χ0v) is 16.2. The fourth-order valence-corrected chi connectivity index (χ4v) is 3.41. The Hall–Kier alpha value is -2.71. The van der Waals surface area contributed by atoms with Crippen LogP contribution in [-0.2, 0) is 15.1 Å². The van der Waals surface area contributed by atoms with Crippen LogP contribution in [0.1, 0.15) is 48.9 Å². The number of hydrogen-bond donors (Lipinski definition) is 0. The van der Waals surface area contributed by atoms with Gasteiger partial charge in [0, 0.05) is 0 Å². The minimum Gasteiger partial charge on any atom is -0.353 e. The molecule has 2 heteroatoms. The summed E-state index contributed by atoms with van der Waals surface area (Å²) in [7, 11) is 0. The SMILES string of the molecule is CC(=O)COC(c1ccccc1)(c1ccccc1)c1ccc(C(C)C)cc1. The highest BCUT2D eigenvalue weighted by molar-refractivity contribution is 5.77. The van der Waals surface area contributed by atoms with E-state index < -0.39 is 5.60 Å². The number of rotatable bonds is 7. The van der Waals surface area contributed by atoms with Crippen molar-refractivity contribution in [1.82, 2.24) is 0 Å². The van der Waals surface area contributed by atoms with E-state index in [2.05, 4.69) is 62.4 Å². The molecule has 0 heterocycles. The molecule has 0 saturated heterocycles. The molecule has 0 aromatic heterocycles. The second-order valence-corrected chi connectivity index (χ2v) is 7.18. The number of Topliss-reactive ketones (excluding diaryl/α,β-unsaturated/α-hetero) is 1. The summed E-state index contributed by atoms with van der Waals surface area (Å²) >= 11 is 0. The summed E-state index contributed by atoms with van der Waals surface area (Å²) in [6.07, 6.45) is 0. The molecular formula is C25H26O2. The van der Waals surface area contributed by atoms with Crippen LogP contribution < -0.4 is 0 Å². The lowest BCUT2D eigenvalue weighted by Gasteiger charge is -2.35. The molecule has 3 rings (SSSR count). The number of hydrogen-bond acceptors (Lipinski definition) is 2. The van der Waals surface area contributed by atoms with Crippen molar-refractivity contribution in [3.05, 3.63) is 107 Å². The van der Waals surface area contributed by atoms with Crippen LogP contribution >= 0.6 is 0 Å². The molecule has 0 radical (unpaired) electrons.